The molecule has 13 heavy (non-hydrogen) atoms. The van der Waals surface area contributed by atoms with Crippen LogP contribution in [0.2, 0.25) is 0 Å². The van der Waals surface area contributed by atoms with Crippen LogP contribution >= 0.6 is 0 Å². The van der Waals surface area contributed by atoms with Crippen molar-refractivity contribution < 1.29 is 9.53 Å². The molecule has 0 heterocycles. The summed E-state index contributed by atoms with van der Waals surface area (Å²) >= 11 is 0. The van der Waals surface area contributed by atoms with Crippen LogP contribution in [0.1, 0.15) is 41.0 Å². The molecule has 0 rings (SSSR count). The molecule has 0 aromatic carbocycles. The van der Waals surface area contributed by atoms with E-state index in [4.69, 9.17) is 4.74 Å². The van der Waals surface area contributed by atoms with Gasteiger partial charge in [-0.3, -0.25) is 0 Å². The van der Waals surface area contributed by atoms with E-state index in [2.05, 4.69) is 19.2 Å². The van der Waals surface area contributed by atoms with E-state index >= 15 is 0 Å². The summed E-state index contributed by atoms with van der Waals surface area (Å²) in [5, 5.41) is 2.78. The van der Waals surface area contributed by atoms with Gasteiger partial charge >= 0.3 is 6.09 Å². The highest BCUT2D eigenvalue weighted by Gasteiger charge is 2.10. The normalized spacial score (nSPS) is 13.2. The Balaban J connectivity index is 3.65. The van der Waals surface area contributed by atoms with E-state index in [-0.39, 0.29) is 18.2 Å². The van der Waals surface area contributed by atoms with Gasteiger partial charge in [0.15, 0.2) is 0 Å². The summed E-state index contributed by atoms with van der Waals surface area (Å²) in [5.41, 5.74) is 0. The molecule has 78 valence electrons. The van der Waals surface area contributed by atoms with Crippen LogP contribution in [-0.4, -0.2) is 18.2 Å². The van der Waals surface area contributed by atoms with Crippen molar-refractivity contribution in [3.63, 3.8) is 0 Å². The van der Waals surface area contributed by atoms with Gasteiger partial charge in [0.05, 0.1) is 6.10 Å². The van der Waals surface area contributed by atoms with Crippen molar-refractivity contribution in [2.45, 2.75) is 53.2 Å². The van der Waals surface area contributed by atoms with Gasteiger partial charge in [-0.1, -0.05) is 13.8 Å². The van der Waals surface area contributed by atoms with Gasteiger partial charge in [0.25, 0.3) is 0 Å². The van der Waals surface area contributed by atoms with E-state index in [1.54, 1.807) is 0 Å². The Hall–Kier alpha value is -0.730. The second kappa shape index (κ2) is 5.84. The number of carbonyl (C=O) groups excluding carboxylic acids is 1. The van der Waals surface area contributed by atoms with Gasteiger partial charge in [0, 0.05) is 6.04 Å². The zero-order valence-electron chi connectivity index (χ0n) is 9.26. The highest BCUT2D eigenvalue weighted by atomic mass is 16.6. The summed E-state index contributed by atoms with van der Waals surface area (Å²) in [7, 11) is 0. The molecule has 0 aromatic heterocycles. The molecule has 1 N–H and O–H groups in total. The number of ether oxygens (including phenoxy) is 1. The quantitative estimate of drug-likeness (QED) is 0.734. The minimum atomic E-state index is -0.317. The van der Waals surface area contributed by atoms with E-state index in [0.717, 1.165) is 6.42 Å². The van der Waals surface area contributed by atoms with E-state index in [0.29, 0.717) is 5.92 Å². The Bertz CT molecular complexity index is 155. The van der Waals surface area contributed by atoms with Crippen molar-refractivity contribution in [1.29, 1.82) is 0 Å². The van der Waals surface area contributed by atoms with E-state index < -0.39 is 0 Å². The number of hydrogen-bond acceptors (Lipinski definition) is 2. The molecular weight excluding hydrogens is 166 g/mol. The average molecular weight is 187 g/mol. The standard InChI is InChI=1S/C10H21NO2/c1-7(2)6-9(5)11-10(12)13-8(3)4/h7-9H,6H2,1-5H3,(H,11,12). The van der Waals surface area contributed by atoms with Gasteiger partial charge in [-0.2, -0.15) is 0 Å². The number of carbonyl (C=O) groups is 1. The first-order valence-corrected chi connectivity index (χ1v) is 4.89. The number of amides is 1. The molecule has 0 saturated heterocycles. The van der Waals surface area contributed by atoms with Gasteiger partial charge in [-0.25, -0.2) is 4.79 Å². The molecule has 0 bridgehead atoms. The van der Waals surface area contributed by atoms with Gasteiger partial charge in [0.1, 0.15) is 0 Å². The first-order chi connectivity index (χ1) is 5.91. The smallest absolute Gasteiger partial charge is 0.407 e. The zero-order chi connectivity index (χ0) is 10.4. The Morgan fingerprint density at radius 1 is 1.23 bits per heavy atom. The fraction of sp³-hybridized carbons (Fsp3) is 0.900. The SMILES string of the molecule is CC(C)CC(C)NC(=O)OC(C)C. The van der Waals surface area contributed by atoms with Crippen LogP contribution < -0.4 is 5.32 Å². The lowest BCUT2D eigenvalue weighted by Crippen LogP contribution is -2.35. The third-order valence-corrected chi connectivity index (χ3v) is 1.53. The highest BCUT2D eigenvalue weighted by molar-refractivity contribution is 5.67. The molecule has 3 nitrogen and oxygen atoms in total. The van der Waals surface area contributed by atoms with Crippen molar-refractivity contribution in [2.24, 2.45) is 5.92 Å². The fourth-order valence-electron chi connectivity index (χ4n) is 1.22. The summed E-state index contributed by atoms with van der Waals surface area (Å²) < 4.78 is 4.95. The first-order valence-electron chi connectivity index (χ1n) is 4.89. The molecule has 1 atom stereocenters. The van der Waals surface area contributed by atoms with Crippen molar-refractivity contribution in [3.8, 4) is 0 Å². The van der Waals surface area contributed by atoms with Gasteiger partial charge in [0.2, 0.25) is 0 Å². The molecule has 0 spiro atoms. The second-order valence-corrected chi connectivity index (χ2v) is 4.13. The van der Waals surface area contributed by atoms with Crippen LogP contribution in [0, 0.1) is 5.92 Å². The largest absolute Gasteiger partial charge is 0.447 e. The molecule has 0 aliphatic rings. The third-order valence-electron chi connectivity index (χ3n) is 1.53. The third kappa shape index (κ3) is 7.62. The summed E-state index contributed by atoms with van der Waals surface area (Å²) in [4.78, 5) is 11.1. The number of alkyl carbamates (subject to hydrolysis) is 1. The van der Waals surface area contributed by atoms with Crippen LogP contribution in [0.15, 0.2) is 0 Å². The topological polar surface area (TPSA) is 38.3 Å². The number of hydrogen-bond donors (Lipinski definition) is 1. The van der Waals surface area contributed by atoms with Crippen LogP contribution in [0.25, 0.3) is 0 Å². The van der Waals surface area contributed by atoms with E-state index in [1.165, 1.54) is 0 Å². The van der Waals surface area contributed by atoms with Crippen molar-refractivity contribution in [2.75, 3.05) is 0 Å². The molecule has 0 fully saturated rings. The van der Waals surface area contributed by atoms with Gasteiger partial charge in [-0.15, -0.1) is 0 Å². The maximum absolute atomic E-state index is 11.1. The van der Waals surface area contributed by atoms with E-state index in [9.17, 15) is 4.79 Å². The lowest BCUT2D eigenvalue weighted by molar-refractivity contribution is 0.112. The molecule has 0 saturated carbocycles. The predicted molar refractivity (Wildman–Crippen MR) is 53.7 cm³/mol. The average Bonchev–Trinajstić information content (AvgIpc) is 1.80. The predicted octanol–water partition coefficient (Wildman–Crippen LogP) is 2.56. The summed E-state index contributed by atoms with van der Waals surface area (Å²) in [6.07, 6.45) is 0.613. The first kappa shape index (κ1) is 12.3. The van der Waals surface area contributed by atoms with Gasteiger partial charge < -0.3 is 10.1 Å². The highest BCUT2D eigenvalue weighted by Crippen LogP contribution is 2.04. The van der Waals surface area contributed by atoms with Crippen molar-refractivity contribution in [3.05, 3.63) is 0 Å². The van der Waals surface area contributed by atoms with Gasteiger partial charge in [-0.05, 0) is 33.1 Å². The maximum Gasteiger partial charge on any atom is 0.407 e. The zero-order valence-corrected chi connectivity index (χ0v) is 9.26. The monoisotopic (exact) mass is 187 g/mol. The molecule has 0 aromatic rings. The molecule has 0 aliphatic heterocycles. The lowest BCUT2D eigenvalue weighted by Gasteiger charge is -2.16. The summed E-state index contributed by atoms with van der Waals surface area (Å²) in [5.74, 6) is 0.592. The van der Waals surface area contributed by atoms with Crippen LogP contribution in [-0.2, 0) is 4.74 Å². The van der Waals surface area contributed by atoms with Crippen LogP contribution in [0.4, 0.5) is 4.79 Å². The maximum atomic E-state index is 11.1. The molecule has 3 heteroatoms. The molecule has 0 radical (unpaired) electrons. The minimum absolute atomic E-state index is 0.0498. The number of rotatable bonds is 4. The van der Waals surface area contributed by atoms with Crippen molar-refractivity contribution >= 4 is 6.09 Å². The Kier molecular flexibility index (Phi) is 5.51. The summed E-state index contributed by atoms with van der Waals surface area (Å²) in [6, 6.07) is 0.186. The molecule has 0 aliphatic carbocycles. The Labute approximate surface area is 80.8 Å². The lowest BCUT2D eigenvalue weighted by atomic mass is 10.1. The molecular formula is C10H21NO2. The Morgan fingerprint density at radius 2 is 1.77 bits per heavy atom. The summed E-state index contributed by atoms with van der Waals surface area (Å²) in [6.45, 7) is 9.93. The number of nitrogens with one attached hydrogen (secondary N) is 1. The van der Waals surface area contributed by atoms with Crippen LogP contribution in [0.3, 0.4) is 0 Å². The second-order valence-electron chi connectivity index (χ2n) is 4.13. The minimum Gasteiger partial charge on any atom is -0.447 e. The molecule has 1 amide bonds. The fourth-order valence-corrected chi connectivity index (χ4v) is 1.22. The van der Waals surface area contributed by atoms with Crippen molar-refractivity contribution in [1.82, 2.24) is 5.32 Å². The van der Waals surface area contributed by atoms with Crippen LogP contribution in [0.5, 0.6) is 0 Å². The Morgan fingerprint density at radius 3 is 2.15 bits per heavy atom. The molecule has 1 unspecified atom stereocenters. The van der Waals surface area contributed by atoms with E-state index in [1.807, 2.05) is 20.8 Å².